The van der Waals surface area contributed by atoms with E-state index in [-0.39, 0.29) is 0 Å². The molecule has 1 aromatic heterocycles. The maximum Gasteiger partial charge on any atom is 0.0466 e. The molecule has 0 spiro atoms. The van der Waals surface area contributed by atoms with Gasteiger partial charge in [0, 0.05) is 51.4 Å². The summed E-state index contributed by atoms with van der Waals surface area (Å²) in [5, 5.41) is 2.53. The topological polar surface area (TPSA) is 19.0 Å². The van der Waals surface area contributed by atoms with Gasteiger partial charge in [0.2, 0.25) is 0 Å². The highest BCUT2D eigenvalue weighted by molar-refractivity contribution is 6.08. The molecule has 38 heavy (non-hydrogen) atoms. The molecule has 1 heterocycles. The zero-order valence-corrected chi connectivity index (χ0v) is 21.3. The third kappa shape index (κ3) is 4.95. The molecule has 0 atom stereocenters. The number of hydrogen-bond acceptors (Lipinski definition) is 1. The number of nitrogens with zero attached hydrogens (tertiary/aromatic N) is 1. The summed E-state index contributed by atoms with van der Waals surface area (Å²) in [6.07, 6.45) is 16.3. The van der Waals surface area contributed by atoms with Crippen LogP contribution in [0.5, 0.6) is 0 Å². The second-order valence-electron chi connectivity index (χ2n) is 9.34. The van der Waals surface area contributed by atoms with Gasteiger partial charge in [0.1, 0.15) is 0 Å². The Hall–Kier alpha value is -5.04. The third-order valence-corrected chi connectivity index (χ3v) is 6.85. The van der Waals surface area contributed by atoms with Crippen LogP contribution >= 0.6 is 0 Å². The van der Waals surface area contributed by atoms with Gasteiger partial charge in [-0.1, -0.05) is 85.0 Å². The molecule has 2 bridgehead atoms. The van der Waals surface area contributed by atoms with Gasteiger partial charge in [-0.15, -0.1) is 5.73 Å². The number of anilines is 2. The quantitative estimate of drug-likeness (QED) is 0.251. The standard InChI is InChI=1S/C25H20N2.C11H8/c1-27(20-13-11-19(12-14-20)18-7-3-2-4-8-18)21-15-16-25-23(17-21)22-9-5-6-10-24(22)26-25;1-2-6-11-8-4-3-7-10(5-1)9-11/h2-17,26H,1H3;1-8H. The van der Waals surface area contributed by atoms with Crippen LogP contribution in [0.25, 0.3) is 32.9 Å². The van der Waals surface area contributed by atoms with Crippen molar-refractivity contribution in [3.63, 3.8) is 0 Å². The summed E-state index contributed by atoms with van der Waals surface area (Å²) >= 11 is 0. The Morgan fingerprint density at radius 3 is 1.76 bits per heavy atom. The highest BCUT2D eigenvalue weighted by atomic mass is 15.1. The van der Waals surface area contributed by atoms with Crippen molar-refractivity contribution in [3.05, 3.63) is 163 Å². The minimum absolute atomic E-state index is 1.13. The minimum atomic E-state index is 1.13. The van der Waals surface area contributed by atoms with Gasteiger partial charge in [-0.25, -0.2) is 0 Å². The first-order valence-corrected chi connectivity index (χ1v) is 12.8. The van der Waals surface area contributed by atoms with E-state index in [2.05, 4.69) is 114 Å². The predicted octanol–water partition coefficient (Wildman–Crippen LogP) is 9.45. The van der Waals surface area contributed by atoms with Crippen LogP contribution in [-0.4, -0.2) is 12.0 Å². The van der Waals surface area contributed by atoms with Gasteiger partial charge in [-0.2, -0.15) is 0 Å². The first-order chi connectivity index (χ1) is 18.7. The molecule has 0 unspecified atom stereocenters. The summed E-state index contributed by atoms with van der Waals surface area (Å²) in [7, 11) is 2.12. The lowest BCUT2D eigenvalue weighted by Crippen LogP contribution is -2.08. The fraction of sp³-hybridized carbons (Fsp3) is 0.0278. The second-order valence-corrected chi connectivity index (χ2v) is 9.34. The molecule has 0 amide bonds. The van der Waals surface area contributed by atoms with Crippen molar-refractivity contribution in [3.8, 4) is 11.1 Å². The molecule has 7 rings (SSSR count). The van der Waals surface area contributed by atoms with Crippen LogP contribution < -0.4 is 4.90 Å². The smallest absolute Gasteiger partial charge is 0.0466 e. The average molecular weight is 489 g/mol. The van der Waals surface area contributed by atoms with Gasteiger partial charge < -0.3 is 9.88 Å². The summed E-state index contributed by atoms with van der Waals surface area (Å²) in [4.78, 5) is 5.72. The van der Waals surface area contributed by atoms with E-state index < -0.39 is 0 Å². The Labute approximate surface area is 223 Å². The largest absolute Gasteiger partial charge is 0.355 e. The number of aromatic amines is 1. The molecule has 1 N–H and O–H groups in total. The number of hydrogen-bond donors (Lipinski definition) is 1. The molecule has 0 aliphatic heterocycles. The lowest BCUT2D eigenvalue weighted by molar-refractivity contribution is 1.21. The molecule has 0 saturated heterocycles. The van der Waals surface area contributed by atoms with Crippen molar-refractivity contribution < 1.29 is 0 Å². The Morgan fingerprint density at radius 2 is 1.08 bits per heavy atom. The van der Waals surface area contributed by atoms with E-state index in [1.807, 2.05) is 54.7 Å². The molecule has 2 aliphatic carbocycles. The first-order valence-electron chi connectivity index (χ1n) is 12.8. The van der Waals surface area contributed by atoms with Crippen LogP contribution in [0.4, 0.5) is 11.4 Å². The molecule has 2 nitrogen and oxygen atoms in total. The summed E-state index contributed by atoms with van der Waals surface area (Å²) in [6.45, 7) is 0. The maximum absolute atomic E-state index is 3.49. The molecule has 0 fully saturated rings. The Kier molecular flexibility index (Phi) is 6.47. The zero-order valence-electron chi connectivity index (χ0n) is 21.3. The average Bonchev–Trinajstić information content (AvgIpc) is 3.10. The van der Waals surface area contributed by atoms with E-state index in [4.69, 9.17) is 0 Å². The summed E-state index contributed by atoms with van der Waals surface area (Å²) in [6, 6.07) is 34.3. The number of allylic oxidation sites excluding steroid dienone is 9. The van der Waals surface area contributed by atoms with Gasteiger partial charge in [0.25, 0.3) is 0 Å². The number of nitrogens with one attached hydrogen (secondary N) is 1. The van der Waals surface area contributed by atoms with Crippen LogP contribution in [0.2, 0.25) is 0 Å². The van der Waals surface area contributed by atoms with Gasteiger partial charge >= 0.3 is 0 Å². The van der Waals surface area contributed by atoms with Gasteiger partial charge in [0.15, 0.2) is 0 Å². The van der Waals surface area contributed by atoms with Gasteiger partial charge in [-0.3, -0.25) is 0 Å². The fourth-order valence-electron chi connectivity index (χ4n) is 4.78. The Balaban J connectivity index is 0.000000200. The van der Waals surface area contributed by atoms with Crippen molar-refractivity contribution in [2.24, 2.45) is 0 Å². The van der Waals surface area contributed by atoms with E-state index in [1.54, 1.807) is 0 Å². The van der Waals surface area contributed by atoms with Crippen LogP contribution in [-0.2, 0) is 0 Å². The van der Waals surface area contributed by atoms with E-state index in [1.165, 1.54) is 44.3 Å². The third-order valence-electron chi connectivity index (χ3n) is 6.85. The number of benzene rings is 4. The second kappa shape index (κ2) is 10.5. The van der Waals surface area contributed by atoms with Crippen molar-refractivity contribution >= 4 is 33.2 Å². The predicted molar refractivity (Wildman–Crippen MR) is 163 cm³/mol. The van der Waals surface area contributed by atoms with Crippen molar-refractivity contribution in [2.75, 3.05) is 11.9 Å². The fourth-order valence-corrected chi connectivity index (χ4v) is 4.78. The lowest BCUT2D eigenvalue weighted by Gasteiger charge is -2.20. The number of H-pyrrole nitrogens is 1. The molecular weight excluding hydrogens is 460 g/mol. The van der Waals surface area contributed by atoms with Crippen molar-refractivity contribution in [1.82, 2.24) is 4.98 Å². The van der Waals surface area contributed by atoms with Crippen molar-refractivity contribution in [1.29, 1.82) is 0 Å². The summed E-state index contributed by atoms with van der Waals surface area (Å²) in [5.41, 5.74) is 12.7. The Morgan fingerprint density at radius 1 is 0.526 bits per heavy atom. The SMILES string of the molecule is C1=C2C=CC=CC=1C=CC=C2.CN(c1ccc(-c2ccccc2)cc1)c1ccc2[nH]c3ccccc3c2c1. The summed E-state index contributed by atoms with van der Waals surface area (Å²) in [5.74, 6) is 0. The van der Waals surface area contributed by atoms with E-state index >= 15 is 0 Å². The number of para-hydroxylation sites is 1. The first kappa shape index (κ1) is 23.4. The van der Waals surface area contributed by atoms with E-state index in [0.29, 0.717) is 0 Å². The number of aromatic nitrogens is 1. The molecule has 0 saturated carbocycles. The molecule has 5 aromatic rings. The summed E-state index contributed by atoms with van der Waals surface area (Å²) < 4.78 is 0. The molecule has 2 heteroatoms. The highest BCUT2D eigenvalue weighted by Gasteiger charge is 2.09. The molecule has 182 valence electrons. The number of rotatable bonds is 3. The molecule has 4 aromatic carbocycles. The molecule has 0 radical (unpaired) electrons. The number of fused-ring (bicyclic) bond motifs is 3. The monoisotopic (exact) mass is 488 g/mol. The normalized spacial score (nSPS) is 13.4. The van der Waals surface area contributed by atoms with E-state index in [9.17, 15) is 0 Å². The van der Waals surface area contributed by atoms with Gasteiger partial charge in [0.05, 0.1) is 0 Å². The minimum Gasteiger partial charge on any atom is -0.355 e. The highest BCUT2D eigenvalue weighted by Crippen LogP contribution is 2.32. The van der Waals surface area contributed by atoms with Crippen molar-refractivity contribution in [2.45, 2.75) is 0 Å². The van der Waals surface area contributed by atoms with Gasteiger partial charge in [-0.05, 0) is 71.8 Å². The Bertz CT molecular complexity index is 1730. The van der Waals surface area contributed by atoms with E-state index in [0.717, 1.165) is 11.1 Å². The lowest BCUT2D eigenvalue weighted by atomic mass is 10.1. The maximum atomic E-state index is 3.49. The molecule has 2 aliphatic rings. The van der Waals surface area contributed by atoms with Crippen LogP contribution in [0.15, 0.2) is 163 Å². The van der Waals surface area contributed by atoms with Crippen LogP contribution in [0, 0.1) is 0 Å². The zero-order chi connectivity index (χ0) is 25.7. The van der Waals surface area contributed by atoms with Crippen LogP contribution in [0.3, 0.4) is 0 Å². The van der Waals surface area contributed by atoms with Crippen LogP contribution in [0.1, 0.15) is 0 Å². The molecular formula is C36H28N2.